The molecule has 0 saturated carbocycles. The molecular weight excluding hydrogens is 325 g/mol. The number of rotatable bonds is 4. The van der Waals surface area contributed by atoms with Crippen LogP contribution in [0.15, 0.2) is 71.3 Å². The molecule has 1 aromatic heterocycles. The zero-order valence-corrected chi connectivity index (χ0v) is 13.5. The van der Waals surface area contributed by atoms with Gasteiger partial charge in [0.25, 0.3) is 5.91 Å². The van der Waals surface area contributed by atoms with E-state index in [0.717, 1.165) is 5.56 Å². The Balaban J connectivity index is 1.93. The molecule has 4 nitrogen and oxygen atoms in total. The van der Waals surface area contributed by atoms with Crippen LogP contribution in [0.5, 0.6) is 0 Å². The standard InChI is InChI=1S/C18H14FN3OS/c1-2-10-22-17(23)16(11-13-5-7-14(19)8-6-13)24-18(22)21-15-4-3-9-20-12-15/h2-9,11-12H,1,10H2/b16-11-,21-18?. The Bertz CT molecular complexity index is 816. The van der Waals surface area contributed by atoms with E-state index < -0.39 is 0 Å². The summed E-state index contributed by atoms with van der Waals surface area (Å²) in [5.41, 5.74) is 1.43. The number of carbonyl (C=O) groups is 1. The summed E-state index contributed by atoms with van der Waals surface area (Å²) in [6, 6.07) is 9.59. The van der Waals surface area contributed by atoms with Gasteiger partial charge in [-0.1, -0.05) is 18.2 Å². The van der Waals surface area contributed by atoms with Crippen LogP contribution in [-0.4, -0.2) is 27.5 Å². The van der Waals surface area contributed by atoms with E-state index in [1.807, 2.05) is 6.07 Å². The molecular formula is C18H14FN3OS. The van der Waals surface area contributed by atoms with Crippen molar-refractivity contribution in [1.29, 1.82) is 0 Å². The average Bonchev–Trinajstić information content (AvgIpc) is 2.87. The van der Waals surface area contributed by atoms with Crippen LogP contribution in [0, 0.1) is 5.82 Å². The van der Waals surface area contributed by atoms with Crippen molar-refractivity contribution in [3.05, 3.63) is 77.7 Å². The average molecular weight is 339 g/mol. The third-order valence-electron chi connectivity index (χ3n) is 3.24. The van der Waals surface area contributed by atoms with Gasteiger partial charge in [0.15, 0.2) is 5.17 Å². The molecule has 1 fully saturated rings. The van der Waals surface area contributed by atoms with Crippen LogP contribution in [0.4, 0.5) is 10.1 Å². The van der Waals surface area contributed by atoms with Gasteiger partial charge in [0, 0.05) is 12.7 Å². The Morgan fingerprint density at radius 1 is 1.29 bits per heavy atom. The van der Waals surface area contributed by atoms with E-state index in [2.05, 4.69) is 16.6 Å². The van der Waals surface area contributed by atoms with Crippen molar-refractivity contribution < 1.29 is 9.18 Å². The minimum atomic E-state index is -0.310. The number of hydrogen-bond donors (Lipinski definition) is 0. The Morgan fingerprint density at radius 2 is 2.08 bits per heavy atom. The maximum Gasteiger partial charge on any atom is 0.267 e. The summed E-state index contributed by atoms with van der Waals surface area (Å²) in [5.74, 6) is -0.457. The maximum absolute atomic E-state index is 13.0. The van der Waals surface area contributed by atoms with Crippen LogP contribution in [0.2, 0.25) is 0 Å². The van der Waals surface area contributed by atoms with Gasteiger partial charge in [0.05, 0.1) is 16.8 Å². The molecule has 6 heteroatoms. The number of pyridine rings is 1. The molecule has 120 valence electrons. The van der Waals surface area contributed by atoms with Crippen LogP contribution in [0.3, 0.4) is 0 Å². The molecule has 2 heterocycles. The SMILES string of the molecule is C=CCN1C(=O)/C(=C/c2ccc(F)cc2)SC1=Nc1cccnc1. The Labute approximate surface area is 143 Å². The summed E-state index contributed by atoms with van der Waals surface area (Å²) in [7, 11) is 0. The van der Waals surface area contributed by atoms with Gasteiger partial charge in [0.2, 0.25) is 0 Å². The van der Waals surface area contributed by atoms with E-state index >= 15 is 0 Å². The summed E-state index contributed by atoms with van der Waals surface area (Å²) in [5, 5.41) is 0.571. The van der Waals surface area contributed by atoms with Gasteiger partial charge in [-0.3, -0.25) is 14.7 Å². The molecule has 0 aliphatic carbocycles. The lowest BCUT2D eigenvalue weighted by atomic mass is 10.2. The second-order valence-corrected chi connectivity index (χ2v) is 5.98. The van der Waals surface area contributed by atoms with E-state index in [1.165, 1.54) is 23.9 Å². The normalized spacial score (nSPS) is 17.7. The summed E-state index contributed by atoms with van der Waals surface area (Å²) in [6.45, 7) is 4.05. The fourth-order valence-electron chi connectivity index (χ4n) is 2.12. The first-order valence-electron chi connectivity index (χ1n) is 7.24. The Hall–Kier alpha value is -2.73. The van der Waals surface area contributed by atoms with Crippen LogP contribution in [-0.2, 0) is 4.79 Å². The van der Waals surface area contributed by atoms with Gasteiger partial charge in [-0.25, -0.2) is 9.38 Å². The number of carbonyl (C=O) groups excluding carboxylic acids is 1. The van der Waals surface area contributed by atoms with Crippen molar-refractivity contribution >= 4 is 34.6 Å². The number of amides is 1. The van der Waals surface area contributed by atoms with E-state index in [4.69, 9.17) is 0 Å². The molecule has 3 rings (SSSR count). The van der Waals surface area contributed by atoms with Crippen LogP contribution < -0.4 is 0 Å². The van der Waals surface area contributed by atoms with Gasteiger partial charge in [-0.15, -0.1) is 6.58 Å². The molecule has 0 radical (unpaired) electrons. The van der Waals surface area contributed by atoms with Crippen molar-refractivity contribution in [1.82, 2.24) is 9.88 Å². The van der Waals surface area contributed by atoms with E-state index in [-0.39, 0.29) is 11.7 Å². The monoisotopic (exact) mass is 339 g/mol. The predicted octanol–water partition coefficient (Wildman–Crippen LogP) is 4.01. The fourth-order valence-corrected chi connectivity index (χ4v) is 3.13. The summed E-state index contributed by atoms with van der Waals surface area (Å²) >= 11 is 1.28. The summed E-state index contributed by atoms with van der Waals surface area (Å²) < 4.78 is 13.0. The first-order valence-corrected chi connectivity index (χ1v) is 8.05. The minimum Gasteiger partial charge on any atom is -0.283 e. The van der Waals surface area contributed by atoms with E-state index in [1.54, 1.807) is 47.6 Å². The molecule has 0 spiro atoms. The smallest absolute Gasteiger partial charge is 0.267 e. The predicted molar refractivity (Wildman–Crippen MR) is 95.2 cm³/mol. The first kappa shape index (κ1) is 16.1. The van der Waals surface area contributed by atoms with Crippen molar-refractivity contribution in [3.63, 3.8) is 0 Å². The lowest BCUT2D eigenvalue weighted by Crippen LogP contribution is -2.29. The molecule has 1 aromatic carbocycles. The van der Waals surface area contributed by atoms with Crippen LogP contribution in [0.1, 0.15) is 5.56 Å². The minimum absolute atomic E-state index is 0.146. The zero-order chi connectivity index (χ0) is 16.9. The number of aromatic nitrogens is 1. The molecule has 1 aliphatic rings. The van der Waals surface area contributed by atoms with Crippen molar-refractivity contribution in [3.8, 4) is 0 Å². The van der Waals surface area contributed by atoms with Crippen molar-refractivity contribution in [2.75, 3.05) is 6.54 Å². The number of amidine groups is 1. The van der Waals surface area contributed by atoms with Gasteiger partial charge in [-0.05, 0) is 47.7 Å². The molecule has 1 aliphatic heterocycles. The Kier molecular flexibility index (Phi) is 4.86. The van der Waals surface area contributed by atoms with Gasteiger partial charge < -0.3 is 0 Å². The number of thioether (sulfide) groups is 1. The molecule has 2 aromatic rings. The number of hydrogen-bond acceptors (Lipinski definition) is 4. The molecule has 0 bridgehead atoms. The molecule has 1 amide bonds. The third-order valence-corrected chi connectivity index (χ3v) is 4.24. The highest BCUT2D eigenvalue weighted by Crippen LogP contribution is 2.33. The highest BCUT2D eigenvalue weighted by molar-refractivity contribution is 8.18. The second-order valence-electron chi connectivity index (χ2n) is 4.97. The van der Waals surface area contributed by atoms with Crippen molar-refractivity contribution in [2.24, 2.45) is 4.99 Å². The van der Waals surface area contributed by atoms with Crippen molar-refractivity contribution in [2.45, 2.75) is 0 Å². The van der Waals surface area contributed by atoms with Gasteiger partial charge in [-0.2, -0.15) is 0 Å². The Morgan fingerprint density at radius 3 is 2.75 bits per heavy atom. The third kappa shape index (κ3) is 3.60. The van der Waals surface area contributed by atoms with Crippen LogP contribution in [0.25, 0.3) is 6.08 Å². The van der Waals surface area contributed by atoms with E-state index in [9.17, 15) is 9.18 Å². The quantitative estimate of drug-likeness (QED) is 0.624. The number of halogens is 1. The number of nitrogens with zero attached hydrogens (tertiary/aromatic N) is 3. The lowest BCUT2D eigenvalue weighted by Gasteiger charge is -2.12. The van der Waals surface area contributed by atoms with Gasteiger partial charge in [0.1, 0.15) is 5.82 Å². The summed E-state index contributed by atoms with van der Waals surface area (Å²) in [4.78, 5) is 23.2. The molecule has 0 N–H and O–H groups in total. The highest BCUT2D eigenvalue weighted by atomic mass is 32.2. The number of aliphatic imine (C=N–C) groups is 1. The molecule has 1 saturated heterocycles. The van der Waals surface area contributed by atoms with Crippen LogP contribution >= 0.6 is 11.8 Å². The molecule has 0 atom stereocenters. The second kappa shape index (κ2) is 7.23. The largest absolute Gasteiger partial charge is 0.283 e. The van der Waals surface area contributed by atoms with E-state index in [0.29, 0.717) is 22.3 Å². The summed E-state index contributed by atoms with van der Waals surface area (Å²) in [6.07, 6.45) is 6.68. The molecule has 0 unspecified atom stereocenters. The first-order chi connectivity index (χ1) is 11.7. The van der Waals surface area contributed by atoms with Gasteiger partial charge >= 0.3 is 0 Å². The molecule has 24 heavy (non-hydrogen) atoms. The maximum atomic E-state index is 13.0. The lowest BCUT2D eigenvalue weighted by molar-refractivity contribution is -0.121. The highest BCUT2D eigenvalue weighted by Gasteiger charge is 2.32. The number of benzene rings is 1. The topological polar surface area (TPSA) is 45.6 Å². The fraction of sp³-hybridized carbons (Fsp3) is 0.0556. The zero-order valence-electron chi connectivity index (χ0n) is 12.7.